The van der Waals surface area contributed by atoms with Crippen LogP contribution in [-0.4, -0.2) is 47.3 Å². The fraction of sp³-hybridized carbons (Fsp3) is 0.429. The van der Waals surface area contributed by atoms with E-state index in [1.54, 1.807) is 17.2 Å². The van der Waals surface area contributed by atoms with Crippen LogP contribution in [-0.2, 0) is 4.74 Å². The molecule has 1 fully saturated rings. The van der Waals surface area contributed by atoms with Gasteiger partial charge in [0.1, 0.15) is 16.9 Å². The maximum Gasteiger partial charge on any atom is 0.410 e. The van der Waals surface area contributed by atoms with Crippen molar-refractivity contribution in [1.29, 1.82) is 0 Å². The lowest BCUT2D eigenvalue weighted by Gasteiger charge is -2.39. The van der Waals surface area contributed by atoms with Gasteiger partial charge in [0, 0.05) is 30.7 Å². The van der Waals surface area contributed by atoms with E-state index >= 15 is 0 Å². The summed E-state index contributed by atoms with van der Waals surface area (Å²) >= 11 is 6.28. The number of ether oxygens (including phenoxy) is 1. The Balaban J connectivity index is 1.58. The highest BCUT2D eigenvalue weighted by molar-refractivity contribution is 6.31. The summed E-state index contributed by atoms with van der Waals surface area (Å²) in [4.78, 5) is 20.8. The number of rotatable bonds is 2. The number of piperazine rings is 1. The van der Waals surface area contributed by atoms with Gasteiger partial charge in [0.05, 0.1) is 11.8 Å². The average molecular weight is 418 g/mol. The van der Waals surface area contributed by atoms with Crippen LogP contribution in [0, 0.1) is 0 Å². The number of fused-ring (bicyclic) bond motifs is 1. The number of hydrogen-bond donors (Lipinski definition) is 0. The number of amides is 1. The number of anilines is 1. The molecule has 1 atom stereocenters. The highest BCUT2D eigenvalue weighted by Crippen LogP contribution is 2.35. The lowest BCUT2D eigenvalue weighted by atomic mass is 10.1. The molecule has 4 rings (SSSR count). The molecular weight excluding hydrogens is 394 g/mol. The zero-order valence-corrected chi connectivity index (χ0v) is 17.7. The Morgan fingerprint density at radius 1 is 1.31 bits per heavy atom. The third-order valence-corrected chi connectivity index (χ3v) is 4.97. The van der Waals surface area contributed by atoms with E-state index in [9.17, 15) is 4.79 Å². The van der Waals surface area contributed by atoms with Crippen LogP contribution in [0.5, 0.6) is 0 Å². The SMILES string of the molecule is C[C@H]1CN(C(=O)OC(C)(C)C)CCN1c1nc2cc(Cl)cc(-c3ccco3)c2o1. The summed E-state index contributed by atoms with van der Waals surface area (Å²) in [6.45, 7) is 9.28. The predicted octanol–water partition coefficient (Wildman–Crippen LogP) is 5.19. The Kier molecular flexibility index (Phi) is 4.94. The Morgan fingerprint density at radius 2 is 2.10 bits per heavy atom. The molecule has 7 nitrogen and oxygen atoms in total. The lowest BCUT2D eigenvalue weighted by molar-refractivity contribution is 0.0216. The molecule has 154 valence electrons. The number of nitrogens with zero attached hydrogens (tertiary/aromatic N) is 3. The van der Waals surface area contributed by atoms with Crippen LogP contribution in [0.1, 0.15) is 27.7 Å². The number of aromatic nitrogens is 1. The van der Waals surface area contributed by atoms with Gasteiger partial charge >= 0.3 is 6.09 Å². The Hall–Kier alpha value is -2.67. The third-order valence-electron chi connectivity index (χ3n) is 4.76. The first kappa shape index (κ1) is 19.6. The van der Waals surface area contributed by atoms with Crippen LogP contribution in [0.15, 0.2) is 39.4 Å². The molecule has 1 amide bonds. The van der Waals surface area contributed by atoms with Crippen LogP contribution in [0.25, 0.3) is 22.4 Å². The van der Waals surface area contributed by atoms with Gasteiger partial charge in [0.2, 0.25) is 0 Å². The van der Waals surface area contributed by atoms with Crippen LogP contribution < -0.4 is 4.90 Å². The van der Waals surface area contributed by atoms with Gasteiger partial charge in [0.25, 0.3) is 6.01 Å². The summed E-state index contributed by atoms with van der Waals surface area (Å²) in [7, 11) is 0. The molecule has 0 N–H and O–H groups in total. The molecule has 0 unspecified atom stereocenters. The standard InChI is InChI=1S/C21H24ClN3O4/c1-13-12-24(20(26)29-21(2,3)4)7-8-25(13)19-23-16-11-14(22)10-15(18(16)28-19)17-6-5-9-27-17/h5-6,9-11,13H,7-8,12H2,1-4H3/t13-/m0/s1. The van der Waals surface area contributed by atoms with Gasteiger partial charge in [-0.15, -0.1) is 0 Å². The van der Waals surface area contributed by atoms with Gasteiger partial charge in [-0.3, -0.25) is 0 Å². The predicted molar refractivity (Wildman–Crippen MR) is 111 cm³/mol. The molecule has 1 saturated heterocycles. The van der Waals surface area contributed by atoms with Gasteiger partial charge in [-0.25, -0.2) is 4.79 Å². The number of benzene rings is 1. The average Bonchev–Trinajstić information content (AvgIpc) is 3.29. The van der Waals surface area contributed by atoms with Crippen molar-refractivity contribution in [2.24, 2.45) is 0 Å². The monoisotopic (exact) mass is 417 g/mol. The molecule has 0 bridgehead atoms. The first-order valence-electron chi connectivity index (χ1n) is 9.60. The lowest BCUT2D eigenvalue weighted by Crippen LogP contribution is -2.54. The van der Waals surface area contributed by atoms with Crippen LogP contribution in [0.2, 0.25) is 5.02 Å². The van der Waals surface area contributed by atoms with Gasteiger partial charge in [0.15, 0.2) is 5.58 Å². The first-order valence-corrected chi connectivity index (χ1v) is 9.97. The molecule has 1 aliphatic rings. The van der Waals surface area contributed by atoms with E-state index in [4.69, 9.17) is 25.2 Å². The zero-order valence-electron chi connectivity index (χ0n) is 16.9. The van der Waals surface area contributed by atoms with Gasteiger partial charge in [-0.2, -0.15) is 4.98 Å². The number of carbonyl (C=O) groups is 1. The fourth-order valence-electron chi connectivity index (χ4n) is 3.46. The van der Waals surface area contributed by atoms with E-state index in [-0.39, 0.29) is 12.1 Å². The molecule has 1 aromatic carbocycles. The quantitative estimate of drug-likeness (QED) is 0.571. The van der Waals surface area contributed by atoms with Crippen molar-refractivity contribution >= 4 is 34.8 Å². The maximum atomic E-state index is 12.4. The van der Waals surface area contributed by atoms with E-state index in [0.717, 1.165) is 5.56 Å². The van der Waals surface area contributed by atoms with E-state index < -0.39 is 5.60 Å². The molecule has 29 heavy (non-hydrogen) atoms. The van der Waals surface area contributed by atoms with Crippen LogP contribution in [0.3, 0.4) is 0 Å². The molecule has 0 aliphatic carbocycles. The Bertz CT molecular complexity index is 1020. The minimum absolute atomic E-state index is 0.0202. The van der Waals surface area contributed by atoms with E-state index in [0.29, 0.717) is 47.5 Å². The second kappa shape index (κ2) is 7.30. The molecule has 3 aromatic rings. The van der Waals surface area contributed by atoms with E-state index in [1.165, 1.54) is 0 Å². The maximum absolute atomic E-state index is 12.4. The molecule has 2 aromatic heterocycles. The van der Waals surface area contributed by atoms with Crippen molar-refractivity contribution in [2.75, 3.05) is 24.5 Å². The molecule has 8 heteroatoms. The number of oxazole rings is 1. The van der Waals surface area contributed by atoms with Crippen LogP contribution in [0.4, 0.5) is 10.8 Å². The van der Waals surface area contributed by atoms with Crippen molar-refractivity contribution in [1.82, 2.24) is 9.88 Å². The minimum Gasteiger partial charge on any atom is -0.464 e. The molecular formula is C21H24ClN3O4. The summed E-state index contributed by atoms with van der Waals surface area (Å²) in [5.74, 6) is 0.669. The zero-order chi connectivity index (χ0) is 20.8. The third kappa shape index (κ3) is 4.05. The second-order valence-corrected chi connectivity index (χ2v) is 8.68. The molecule has 0 radical (unpaired) electrons. The summed E-state index contributed by atoms with van der Waals surface area (Å²) in [5.41, 5.74) is 1.54. The molecule has 3 heterocycles. The first-order chi connectivity index (χ1) is 13.7. The van der Waals surface area contributed by atoms with Gasteiger partial charge in [-0.1, -0.05) is 11.6 Å². The van der Waals surface area contributed by atoms with E-state index in [1.807, 2.05) is 45.9 Å². The largest absolute Gasteiger partial charge is 0.464 e. The topological polar surface area (TPSA) is 72.0 Å². The number of carbonyl (C=O) groups excluding carboxylic acids is 1. The molecule has 0 spiro atoms. The Morgan fingerprint density at radius 3 is 2.76 bits per heavy atom. The highest BCUT2D eigenvalue weighted by Gasteiger charge is 2.32. The molecule has 1 aliphatic heterocycles. The smallest absolute Gasteiger partial charge is 0.410 e. The summed E-state index contributed by atoms with van der Waals surface area (Å²) in [5, 5.41) is 0.562. The van der Waals surface area contributed by atoms with Crippen molar-refractivity contribution < 1.29 is 18.4 Å². The second-order valence-electron chi connectivity index (χ2n) is 8.24. The highest BCUT2D eigenvalue weighted by atomic mass is 35.5. The van der Waals surface area contributed by atoms with E-state index in [2.05, 4.69) is 9.88 Å². The molecule has 0 saturated carbocycles. The van der Waals surface area contributed by atoms with Crippen molar-refractivity contribution in [2.45, 2.75) is 39.3 Å². The minimum atomic E-state index is -0.515. The normalized spacial score (nSPS) is 17.8. The van der Waals surface area contributed by atoms with Gasteiger partial charge in [-0.05, 0) is 52.0 Å². The van der Waals surface area contributed by atoms with Gasteiger partial charge < -0.3 is 23.4 Å². The van der Waals surface area contributed by atoms with Crippen molar-refractivity contribution in [3.05, 3.63) is 35.6 Å². The van der Waals surface area contributed by atoms with Crippen molar-refractivity contribution in [3.63, 3.8) is 0 Å². The fourth-order valence-corrected chi connectivity index (χ4v) is 3.67. The number of furan rings is 1. The van der Waals surface area contributed by atoms with Crippen LogP contribution >= 0.6 is 11.6 Å². The number of halogens is 1. The Labute approximate surface area is 174 Å². The summed E-state index contributed by atoms with van der Waals surface area (Å²) < 4.78 is 17.1. The van der Waals surface area contributed by atoms with Crippen molar-refractivity contribution in [3.8, 4) is 11.3 Å². The number of hydrogen-bond acceptors (Lipinski definition) is 6. The summed E-state index contributed by atoms with van der Waals surface area (Å²) in [6, 6.07) is 7.78. The summed E-state index contributed by atoms with van der Waals surface area (Å²) in [6.07, 6.45) is 1.31.